The van der Waals surface area contributed by atoms with Gasteiger partial charge in [0.05, 0.1) is 17.9 Å². The van der Waals surface area contributed by atoms with E-state index in [2.05, 4.69) is 10.6 Å². The number of hydrogen-bond donors (Lipinski definition) is 2. The van der Waals surface area contributed by atoms with Crippen LogP contribution in [0.3, 0.4) is 0 Å². The van der Waals surface area contributed by atoms with Crippen molar-refractivity contribution in [3.63, 3.8) is 0 Å². The molecule has 5 nitrogen and oxygen atoms in total. The second-order valence-electron chi connectivity index (χ2n) is 6.74. The molecule has 0 radical (unpaired) electrons. The van der Waals surface area contributed by atoms with Gasteiger partial charge in [-0.15, -0.1) is 23.7 Å². The minimum atomic E-state index is -0.0877. The third-order valence-electron chi connectivity index (χ3n) is 5.04. The number of hydrogen-bond acceptors (Lipinski definition) is 5. The van der Waals surface area contributed by atoms with E-state index in [0.717, 1.165) is 62.9 Å². The first-order valence-electron chi connectivity index (χ1n) is 8.88. The molecular formula is C18H27ClN2O3S. The standard InChI is InChI=1S/C18H26N2O3S.ClH/c1-23-18(22)12-4-2-6-14(7-3-5-12)20-17(21)16-10-13-11-19-9-8-15(13)24-16;/h10,12,14,19H,2-9,11H2,1H3,(H,20,21);1H. The molecule has 1 fully saturated rings. The van der Waals surface area contributed by atoms with Gasteiger partial charge in [0.2, 0.25) is 0 Å². The van der Waals surface area contributed by atoms with Crippen molar-refractivity contribution in [3.8, 4) is 0 Å². The summed E-state index contributed by atoms with van der Waals surface area (Å²) in [7, 11) is 1.46. The molecule has 1 aliphatic carbocycles. The van der Waals surface area contributed by atoms with Gasteiger partial charge < -0.3 is 15.4 Å². The smallest absolute Gasteiger partial charge is 0.308 e. The van der Waals surface area contributed by atoms with E-state index < -0.39 is 0 Å². The van der Waals surface area contributed by atoms with Gasteiger partial charge in [0.15, 0.2) is 0 Å². The molecule has 1 aromatic rings. The Morgan fingerprint density at radius 2 is 1.96 bits per heavy atom. The van der Waals surface area contributed by atoms with E-state index in [9.17, 15) is 9.59 Å². The van der Waals surface area contributed by atoms with Crippen LogP contribution in [0.15, 0.2) is 6.07 Å². The number of rotatable bonds is 3. The van der Waals surface area contributed by atoms with Crippen LogP contribution >= 0.6 is 23.7 Å². The zero-order valence-electron chi connectivity index (χ0n) is 14.6. The largest absolute Gasteiger partial charge is 0.469 e. The van der Waals surface area contributed by atoms with Gasteiger partial charge in [0, 0.05) is 24.0 Å². The average Bonchev–Trinajstić information content (AvgIpc) is 3.00. The number of amides is 1. The van der Waals surface area contributed by atoms with Crippen molar-refractivity contribution in [2.75, 3.05) is 13.7 Å². The second-order valence-corrected chi connectivity index (χ2v) is 7.87. The third kappa shape index (κ3) is 5.19. The topological polar surface area (TPSA) is 67.4 Å². The van der Waals surface area contributed by atoms with Crippen molar-refractivity contribution in [2.24, 2.45) is 5.92 Å². The van der Waals surface area contributed by atoms with Crippen molar-refractivity contribution in [3.05, 3.63) is 21.4 Å². The summed E-state index contributed by atoms with van der Waals surface area (Å²) in [6.45, 7) is 1.87. The first kappa shape index (κ1) is 20.2. The fourth-order valence-electron chi connectivity index (χ4n) is 3.68. The van der Waals surface area contributed by atoms with Crippen molar-refractivity contribution >= 4 is 35.6 Å². The lowest BCUT2D eigenvalue weighted by molar-refractivity contribution is -0.146. The van der Waals surface area contributed by atoms with E-state index in [1.807, 2.05) is 6.07 Å². The zero-order chi connectivity index (χ0) is 16.9. The predicted octanol–water partition coefficient (Wildman–Crippen LogP) is 3.06. The maximum absolute atomic E-state index is 12.6. The molecule has 1 aromatic heterocycles. The second kappa shape index (κ2) is 9.55. The Labute approximate surface area is 159 Å². The summed E-state index contributed by atoms with van der Waals surface area (Å²) >= 11 is 1.64. The Balaban J connectivity index is 0.00000225. The summed E-state index contributed by atoms with van der Waals surface area (Å²) in [5.74, 6) is 0.00271. The van der Waals surface area contributed by atoms with Gasteiger partial charge in [-0.25, -0.2) is 0 Å². The van der Waals surface area contributed by atoms with E-state index in [4.69, 9.17) is 4.74 Å². The minimum Gasteiger partial charge on any atom is -0.469 e. The van der Waals surface area contributed by atoms with Crippen LogP contribution in [0.5, 0.6) is 0 Å². The highest BCUT2D eigenvalue weighted by molar-refractivity contribution is 7.14. The lowest BCUT2D eigenvalue weighted by Gasteiger charge is -2.24. The fourth-order valence-corrected chi connectivity index (χ4v) is 4.76. The predicted molar refractivity (Wildman–Crippen MR) is 101 cm³/mol. The van der Waals surface area contributed by atoms with Gasteiger partial charge in [0.25, 0.3) is 5.91 Å². The van der Waals surface area contributed by atoms with Crippen LogP contribution in [-0.2, 0) is 22.5 Å². The molecule has 0 unspecified atom stereocenters. The number of thiophene rings is 1. The van der Waals surface area contributed by atoms with E-state index in [-0.39, 0.29) is 36.2 Å². The number of carbonyl (C=O) groups excluding carboxylic acids is 2. The van der Waals surface area contributed by atoms with E-state index in [1.165, 1.54) is 17.6 Å². The highest BCUT2D eigenvalue weighted by Crippen LogP contribution is 2.27. The van der Waals surface area contributed by atoms with Gasteiger partial charge in [-0.1, -0.05) is 12.8 Å². The lowest BCUT2D eigenvalue weighted by atomic mass is 9.89. The zero-order valence-corrected chi connectivity index (χ0v) is 16.3. The summed E-state index contributed by atoms with van der Waals surface area (Å²) < 4.78 is 4.86. The molecule has 0 atom stereocenters. The molecule has 1 saturated carbocycles. The molecule has 0 aromatic carbocycles. The molecule has 1 aliphatic heterocycles. The quantitative estimate of drug-likeness (QED) is 0.783. The summed E-state index contributed by atoms with van der Waals surface area (Å²) in [4.78, 5) is 26.4. The van der Waals surface area contributed by atoms with Crippen LogP contribution in [0, 0.1) is 5.92 Å². The van der Waals surface area contributed by atoms with E-state index >= 15 is 0 Å². The Bertz CT molecular complexity index is 572. The number of esters is 1. The SMILES string of the molecule is COC(=O)C1CCCC(NC(=O)c2cc3c(s2)CCNC3)CCC1.Cl. The summed E-state index contributed by atoms with van der Waals surface area (Å²) in [6.07, 6.45) is 6.52. The molecule has 2 N–H and O–H groups in total. The lowest BCUT2D eigenvalue weighted by Crippen LogP contribution is -2.35. The summed E-state index contributed by atoms with van der Waals surface area (Å²) in [5.41, 5.74) is 1.27. The third-order valence-corrected chi connectivity index (χ3v) is 6.28. The maximum atomic E-state index is 12.6. The van der Waals surface area contributed by atoms with Crippen molar-refractivity contribution in [1.82, 2.24) is 10.6 Å². The molecule has 3 rings (SSSR count). The van der Waals surface area contributed by atoms with Crippen LogP contribution in [0.2, 0.25) is 0 Å². The maximum Gasteiger partial charge on any atom is 0.308 e. The molecular weight excluding hydrogens is 360 g/mol. The molecule has 0 bridgehead atoms. The molecule has 7 heteroatoms. The van der Waals surface area contributed by atoms with Gasteiger partial charge in [-0.3, -0.25) is 9.59 Å². The Morgan fingerprint density at radius 3 is 2.60 bits per heavy atom. The van der Waals surface area contributed by atoms with Crippen molar-refractivity contribution in [2.45, 2.75) is 57.5 Å². The van der Waals surface area contributed by atoms with Crippen LogP contribution < -0.4 is 10.6 Å². The fraction of sp³-hybridized carbons (Fsp3) is 0.667. The van der Waals surface area contributed by atoms with Gasteiger partial charge in [0.1, 0.15) is 0 Å². The number of halogens is 1. The average molecular weight is 387 g/mol. The van der Waals surface area contributed by atoms with Crippen molar-refractivity contribution in [1.29, 1.82) is 0 Å². The molecule has 1 amide bonds. The highest BCUT2D eigenvalue weighted by Gasteiger charge is 2.24. The molecule has 140 valence electrons. The molecule has 0 saturated heterocycles. The highest BCUT2D eigenvalue weighted by atomic mass is 35.5. The molecule has 2 aliphatic rings. The number of fused-ring (bicyclic) bond motifs is 1. The molecule has 25 heavy (non-hydrogen) atoms. The van der Waals surface area contributed by atoms with Crippen LogP contribution in [-0.4, -0.2) is 31.6 Å². The van der Waals surface area contributed by atoms with Gasteiger partial charge in [-0.05, 0) is 43.7 Å². The number of nitrogens with one attached hydrogen (secondary N) is 2. The summed E-state index contributed by atoms with van der Waals surface area (Å²) in [5, 5.41) is 6.55. The van der Waals surface area contributed by atoms with Crippen LogP contribution in [0.4, 0.5) is 0 Å². The Kier molecular flexibility index (Phi) is 7.72. The molecule has 2 heterocycles. The van der Waals surface area contributed by atoms with Gasteiger partial charge >= 0.3 is 5.97 Å². The number of ether oxygens (including phenoxy) is 1. The first-order valence-corrected chi connectivity index (χ1v) is 9.70. The Morgan fingerprint density at radius 1 is 1.24 bits per heavy atom. The summed E-state index contributed by atoms with van der Waals surface area (Å²) in [6, 6.07) is 2.26. The van der Waals surface area contributed by atoms with E-state index in [1.54, 1.807) is 11.3 Å². The van der Waals surface area contributed by atoms with Crippen molar-refractivity contribution < 1.29 is 14.3 Å². The van der Waals surface area contributed by atoms with Crippen LogP contribution in [0.1, 0.15) is 58.6 Å². The molecule has 0 spiro atoms. The Hall–Kier alpha value is -1.11. The minimum absolute atomic E-state index is 0. The van der Waals surface area contributed by atoms with E-state index in [0.29, 0.717) is 0 Å². The van der Waals surface area contributed by atoms with Gasteiger partial charge in [-0.2, -0.15) is 0 Å². The number of methoxy groups -OCH3 is 1. The first-order chi connectivity index (χ1) is 11.7. The van der Waals surface area contributed by atoms with Crippen LogP contribution in [0.25, 0.3) is 0 Å². The monoisotopic (exact) mass is 386 g/mol. The number of carbonyl (C=O) groups is 2. The normalized spacial score (nSPS) is 23.4.